The maximum atomic E-state index is 6.74. The molecule has 1 aromatic heterocycles. The lowest BCUT2D eigenvalue weighted by atomic mass is 9.94. The predicted molar refractivity (Wildman–Crippen MR) is 215 cm³/mol. The summed E-state index contributed by atoms with van der Waals surface area (Å²) < 4.78 is 9.10. The zero-order chi connectivity index (χ0) is 34.8. The lowest BCUT2D eigenvalue weighted by molar-refractivity contribution is 0.382. The average molecular weight is 675 g/mol. The zero-order valence-corrected chi connectivity index (χ0v) is 29.3. The fourth-order valence-corrected chi connectivity index (χ4v) is 8.12. The van der Waals surface area contributed by atoms with Crippen LogP contribution in [0.25, 0.3) is 45.0 Å². The molecular formula is C47H38N4O. The lowest BCUT2D eigenvalue weighted by Gasteiger charge is -2.26. The van der Waals surface area contributed by atoms with E-state index >= 15 is 0 Å². The highest BCUT2D eigenvalue weighted by atomic mass is 16.5. The second-order valence-corrected chi connectivity index (χ2v) is 14.4. The first-order valence-corrected chi connectivity index (χ1v) is 18.3. The second-order valence-electron chi connectivity index (χ2n) is 14.4. The SMILES string of the molecule is CC1C=CC2=C(C1)Oc1ccc3c4c(n(C5=NC(c6ccc(-c7cccc8ccccc78)cc6)=NC(c6ccccc6)N5)c3c1C=C2)CC(C)C=C4. The summed E-state index contributed by atoms with van der Waals surface area (Å²) in [6, 6.07) is 38.6. The number of ether oxygens (including phenoxy) is 1. The van der Waals surface area contributed by atoms with E-state index < -0.39 is 0 Å². The molecule has 0 spiro atoms. The van der Waals surface area contributed by atoms with Crippen molar-refractivity contribution >= 4 is 45.6 Å². The number of benzene rings is 5. The quantitative estimate of drug-likeness (QED) is 0.203. The van der Waals surface area contributed by atoms with E-state index in [1.807, 2.05) is 6.07 Å². The van der Waals surface area contributed by atoms with Crippen LogP contribution < -0.4 is 10.1 Å². The van der Waals surface area contributed by atoms with E-state index in [1.165, 1.54) is 38.5 Å². The van der Waals surface area contributed by atoms with Crippen molar-refractivity contribution in [2.75, 3.05) is 0 Å². The van der Waals surface area contributed by atoms with Crippen molar-refractivity contribution in [3.63, 3.8) is 0 Å². The third kappa shape index (κ3) is 5.15. The Morgan fingerprint density at radius 2 is 1.44 bits per heavy atom. The summed E-state index contributed by atoms with van der Waals surface area (Å²) >= 11 is 0. The van der Waals surface area contributed by atoms with Crippen LogP contribution in [0.2, 0.25) is 0 Å². The van der Waals surface area contributed by atoms with Crippen LogP contribution in [0.3, 0.4) is 0 Å². The Balaban J connectivity index is 1.14. The van der Waals surface area contributed by atoms with Gasteiger partial charge in [-0.25, -0.2) is 4.99 Å². The summed E-state index contributed by atoms with van der Waals surface area (Å²) in [4.78, 5) is 10.6. The van der Waals surface area contributed by atoms with Gasteiger partial charge in [0.2, 0.25) is 5.96 Å². The van der Waals surface area contributed by atoms with Crippen molar-refractivity contribution in [2.45, 2.75) is 32.9 Å². The van der Waals surface area contributed by atoms with E-state index in [4.69, 9.17) is 14.7 Å². The monoisotopic (exact) mass is 674 g/mol. The molecule has 3 heterocycles. The summed E-state index contributed by atoms with van der Waals surface area (Å²) in [5.74, 6) is 4.20. The number of amidine groups is 1. The molecule has 0 bridgehead atoms. The first-order chi connectivity index (χ1) is 25.6. The normalized spacial score (nSPS) is 20.4. The number of aromatic nitrogens is 1. The molecular weight excluding hydrogens is 637 g/mol. The molecule has 5 aromatic carbocycles. The molecule has 0 fully saturated rings. The Hall–Kier alpha value is -6.20. The fraction of sp³-hybridized carbons (Fsp3) is 0.149. The molecule has 0 amide bonds. The van der Waals surface area contributed by atoms with Gasteiger partial charge < -0.3 is 10.1 Å². The van der Waals surface area contributed by atoms with Gasteiger partial charge in [-0.15, -0.1) is 0 Å². The number of nitrogens with one attached hydrogen (secondary N) is 1. The van der Waals surface area contributed by atoms with E-state index in [-0.39, 0.29) is 6.17 Å². The molecule has 5 nitrogen and oxygen atoms in total. The van der Waals surface area contributed by atoms with Gasteiger partial charge in [0.1, 0.15) is 17.7 Å². The minimum absolute atomic E-state index is 0.319. The van der Waals surface area contributed by atoms with Gasteiger partial charge in [-0.3, -0.25) is 4.57 Å². The summed E-state index contributed by atoms with van der Waals surface area (Å²) in [6.07, 6.45) is 15.0. The minimum Gasteiger partial charge on any atom is -0.460 e. The van der Waals surface area contributed by atoms with Crippen LogP contribution >= 0.6 is 0 Å². The number of hydrogen-bond acceptors (Lipinski definition) is 4. The van der Waals surface area contributed by atoms with Crippen LogP contribution in [-0.2, 0) is 6.42 Å². The Kier molecular flexibility index (Phi) is 7.20. The first-order valence-electron chi connectivity index (χ1n) is 18.3. The topological polar surface area (TPSA) is 50.9 Å². The lowest BCUT2D eigenvalue weighted by Crippen LogP contribution is -2.38. The smallest absolute Gasteiger partial charge is 0.211 e. The highest BCUT2D eigenvalue weighted by Gasteiger charge is 2.30. The minimum atomic E-state index is -0.319. The van der Waals surface area contributed by atoms with Crippen LogP contribution in [0.5, 0.6) is 5.75 Å². The number of rotatable bonds is 3. The van der Waals surface area contributed by atoms with Gasteiger partial charge >= 0.3 is 0 Å². The van der Waals surface area contributed by atoms with Gasteiger partial charge in [-0.1, -0.05) is 141 Å². The van der Waals surface area contributed by atoms with Crippen molar-refractivity contribution in [2.24, 2.45) is 21.8 Å². The first kappa shape index (κ1) is 30.6. The molecule has 6 aromatic rings. The van der Waals surface area contributed by atoms with Crippen molar-refractivity contribution in [1.29, 1.82) is 0 Å². The van der Waals surface area contributed by atoms with Gasteiger partial charge in [-0.05, 0) is 63.9 Å². The van der Waals surface area contributed by atoms with Crippen molar-refractivity contribution < 1.29 is 4.74 Å². The van der Waals surface area contributed by atoms with Gasteiger partial charge in [0, 0.05) is 39.8 Å². The molecule has 0 saturated heterocycles. The van der Waals surface area contributed by atoms with Crippen LogP contribution in [0.15, 0.2) is 155 Å². The highest BCUT2D eigenvalue weighted by Crippen LogP contribution is 2.42. The Morgan fingerprint density at radius 3 is 2.33 bits per heavy atom. The number of hydrogen-bond donors (Lipinski definition) is 1. The van der Waals surface area contributed by atoms with Gasteiger partial charge in [0.15, 0.2) is 5.84 Å². The third-order valence-corrected chi connectivity index (χ3v) is 10.8. The molecule has 10 rings (SSSR count). The predicted octanol–water partition coefficient (Wildman–Crippen LogP) is 10.9. The summed E-state index contributed by atoms with van der Waals surface area (Å²) in [5, 5.41) is 7.45. The molecule has 252 valence electrons. The van der Waals surface area contributed by atoms with Crippen molar-refractivity contribution in [1.82, 2.24) is 9.88 Å². The van der Waals surface area contributed by atoms with Crippen molar-refractivity contribution in [3.8, 4) is 16.9 Å². The number of fused-ring (bicyclic) bond motifs is 6. The zero-order valence-electron chi connectivity index (χ0n) is 29.3. The Morgan fingerprint density at radius 1 is 0.673 bits per heavy atom. The van der Waals surface area contributed by atoms with E-state index in [0.29, 0.717) is 17.7 Å². The summed E-state index contributed by atoms with van der Waals surface area (Å²) in [5.41, 5.74) is 10.2. The second kappa shape index (κ2) is 12.2. The Labute approximate surface area is 303 Å². The number of aliphatic imine (C=N–C) groups is 2. The van der Waals surface area contributed by atoms with Gasteiger partial charge in [0.25, 0.3) is 0 Å². The molecule has 3 unspecified atom stereocenters. The van der Waals surface area contributed by atoms with Crippen LogP contribution in [0.1, 0.15) is 54.4 Å². The molecule has 5 heteroatoms. The largest absolute Gasteiger partial charge is 0.460 e. The van der Waals surface area contributed by atoms with Crippen LogP contribution in [-0.4, -0.2) is 16.4 Å². The molecule has 2 aliphatic heterocycles. The van der Waals surface area contributed by atoms with E-state index in [1.54, 1.807) is 0 Å². The Bertz CT molecular complexity index is 2590. The maximum absolute atomic E-state index is 6.74. The summed E-state index contributed by atoms with van der Waals surface area (Å²) in [7, 11) is 0. The maximum Gasteiger partial charge on any atom is 0.211 e. The number of allylic oxidation sites excluding steroid dienone is 6. The van der Waals surface area contributed by atoms with Gasteiger partial charge in [-0.2, -0.15) is 4.99 Å². The van der Waals surface area contributed by atoms with E-state index in [2.05, 4.69) is 163 Å². The molecule has 0 radical (unpaired) electrons. The molecule has 52 heavy (non-hydrogen) atoms. The van der Waals surface area contributed by atoms with Crippen molar-refractivity contribution in [3.05, 3.63) is 173 Å². The fourth-order valence-electron chi connectivity index (χ4n) is 8.12. The third-order valence-electron chi connectivity index (χ3n) is 10.8. The number of nitrogens with zero attached hydrogens (tertiary/aromatic N) is 3. The standard InChI is InChI=1S/C47H38N4O/c1-29-16-23-38-39-25-26-42-40(24-22-33-17-15-30(2)28-43(33)52-42)44(39)51(41(38)27-29)47-49-45(34-10-4-3-5-11-34)48-46(50-47)35-20-18-32(19-21-35)37-14-8-12-31-9-6-7-13-36(31)37/h3-26,29-30,45H,27-28H2,1-2H3,(H,48,49,50). The van der Waals surface area contributed by atoms with E-state index in [9.17, 15) is 0 Å². The summed E-state index contributed by atoms with van der Waals surface area (Å²) in [6.45, 7) is 4.52. The molecule has 2 aliphatic carbocycles. The van der Waals surface area contributed by atoms with E-state index in [0.717, 1.165) is 58.1 Å². The molecule has 1 N–H and O–H groups in total. The highest BCUT2D eigenvalue weighted by molar-refractivity contribution is 6.12. The molecule has 0 saturated carbocycles. The van der Waals surface area contributed by atoms with Gasteiger partial charge in [0.05, 0.1) is 5.52 Å². The molecule has 3 atom stereocenters. The van der Waals surface area contributed by atoms with Crippen LogP contribution in [0, 0.1) is 11.8 Å². The van der Waals surface area contributed by atoms with Crippen LogP contribution in [0.4, 0.5) is 0 Å². The molecule has 4 aliphatic rings. The average Bonchev–Trinajstić information content (AvgIpc) is 3.39.